The number of hydrogen-bond donors (Lipinski definition) is 2. The maximum Gasteiger partial charge on any atom is 0.411 e. The maximum atomic E-state index is 13.7. The molecule has 0 bridgehead atoms. The van der Waals surface area contributed by atoms with Crippen LogP contribution in [0.5, 0.6) is 5.88 Å². The summed E-state index contributed by atoms with van der Waals surface area (Å²) in [6, 6.07) is 1.07. The number of hydrogen-bond acceptors (Lipinski definition) is 6. The summed E-state index contributed by atoms with van der Waals surface area (Å²) in [4.78, 5) is 14.5. The Morgan fingerprint density at radius 1 is 1.50 bits per heavy atom. The van der Waals surface area contributed by atoms with Crippen LogP contribution in [0.25, 0.3) is 11.4 Å². The van der Waals surface area contributed by atoms with Crippen LogP contribution in [0.15, 0.2) is 12.3 Å². The zero-order chi connectivity index (χ0) is 13.3. The van der Waals surface area contributed by atoms with Crippen molar-refractivity contribution >= 4 is 11.8 Å². The number of nitrogens with zero attached hydrogens (tertiary/aromatic N) is 4. The molecule has 0 unspecified atom stereocenters. The van der Waals surface area contributed by atoms with Gasteiger partial charge in [0.25, 0.3) is 5.88 Å². The Hall–Kier alpha value is -2.71. The first-order valence-electron chi connectivity index (χ1n) is 4.77. The molecule has 0 saturated heterocycles. The number of nitrogens with two attached hydrogens (primary N) is 2. The number of carbonyl (C=O) groups excluding carboxylic acids is 1. The molecule has 0 radical (unpaired) electrons. The molecule has 2 aromatic rings. The Morgan fingerprint density at radius 2 is 2.22 bits per heavy atom. The lowest BCUT2D eigenvalue weighted by atomic mass is 10.2. The van der Waals surface area contributed by atoms with Crippen molar-refractivity contribution in [3.05, 3.63) is 18.1 Å². The van der Waals surface area contributed by atoms with Crippen molar-refractivity contribution in [3.63, 3.8) is 0 Å². The lowest BCUT2D eigenvalue weighted by Gasteiger charge is -2.03. The number of pyridine rings is 1. The first-order valence-corrected chi connectivity index (χ1v) is 4.77. The monoisotopic (exact) mass is 252 g/mol. The summed E-state index contributed by atoms with van der Waals surface area (Å²) in [7, 11) is 1.46. The Balaban J connectivity index is 2.53. The van der Waals surface area contributed by atoms with Crippen molar-refractivity contribution in [2.24, 2.45) is 12.8 Å². The highest BCUT2D eigenvalue weighted by Crippen LogP contribution is 2.28. The largest absolute Gasteiger partial charge is 0.411 e. The molecule has 2 heterocycles. The van der Waals surface area contributed by atoms with Gasteiger partial charge < -0.3 is 16.2 Å². The smallest absolute Gasteiger partial charge is 0.397 e. The lowest BCUT2D eigenvalue weighted by molar-refractivity contribution is 0.207. The van der Waals surface area contributed by atoms with E-state index in [4.69, 9.17) is 16.2 Å². The highest BCUT2D eigenvalue weighted by molar-refractivity contribution is 5.71. The lowest BCUT2D eigenvalue weighted by Crippen LogP contribution is -2.18. The molecule has 0 aliphatic carbocycles. The third-order valence-electron chi connectivity index (χ3n) is 2.06. The molecule has 1 amide bonds. The molecule has 0 atom stereocenters. The number of rotatable bonds is 2. The van der Waals surface area contributed by atoms with Crippen LogP contribution in [-0.4, -0.2) is 26.1 Å². The number of anilines is 1. The summed E-state index contributed by atoms with van der Waals surface area (Å²) < 4.78 is 19.5. The highest BCUT2D eigenvalue weighted by atomic mass is 19.1. The van der Waals surface area contributed by atoms with Crippen molar-refractivity contribution in [2.75, 3.05) is 5.73 Å². The van der Waals surface area contributed by atoms with E-state index >= 15 is 0 Å². The third-order valence-corrected chi connectivity index (χ3v) is 2.06. The normalized spacial score (nSPS) is 10.3. The Kier molecular flexibility index (Phi) is 2.80. The van der Waals surface area contributed by atoms with Crippen molar-refractivity contribution < 1.29 is 13.9 Å². The average molecular weight is 252 g/mol. The van der Waals surface area contributed by atoms with Gasteiger partial charge in [0.05, 0.1) is 11.9 Å². The van der Waals surface area contributed by atoms with Crippen LogP contribution in [0.3, 0.4) is 0 Å². The van der Waals surface area contributed by atoms with Gasteiger partial charge in [-0.1, -0.05) is 5.21 Å². The minimum absolute atomic E-state index is 0.0335. The van der Waals surface area contributed by atoms with Crippen LogP contribution in [0.4, 0.5) is 14.9 Å². The number of primary amides is 1. The molecular weight excluding hydrogens is 243 g/mol. The van der Waals surface area contributed by atoms with Gasteiger partial charge in [0.15, 0.2) is 11.5 Å². The van der Waals surface area contributed by atoms with Crippen molar-refractivity contribution in [3.8, 4) is 17.3 Å². The number of aryl methyl sites for hydroxylation is 1. The van der Waals surface area contributed by atoms with Crippen LogP contribution < -0.4 is 16.2 Å². The molecule has 4 N–H and O–H groups in total. The molecule has 2 rings (SSSR count). The molecule has 0 aliphatic rings. The van der Waals surface area contributed by atoms with Crippen LogP contribution in [-0.2, 0) is 7.05 Å². The van der Waals surface area contributed by atoms with E-state index in [1.165, 1.54) is 13.2 Å². The van der Waals surface area contributed by atoms with Crippen LogP contribution in [0.1, 0.15) is 0 Å². The third kappa shape index (κ3) is 2.05. The predicted octanol–water partition coefficient (Wildman–Crippen LogP) is 0.0559. The molecule has 0 spiro atoms. The molecule has 2 aromatic heterocycles. The van der Waals surface area contributed by atoms with E-state index in [0.717, 1.165) is 10.7 Å². The zero-order valence-corrected chi connectivity index (χ0v) is 9.29. The minimum Gasteiger partial charge on any atom is -0.397 e. The summed E-state index contributed by atoms with van der Waals surface area (Å²) in [6.45, 7) is 0. The number of carbonyl (C=O) groups is 1. The first-order chi connectivity index (χ1) is 8.49. The van der Waals surface area contributed by atoms with E-state index in [0.29, 0.717) is 0 Å². The van der Waals surface area contributed by atoms with E-state index in [1.54, 1.807) is 0 Å². The first kappa shape index (κ1) is 11.8. The molecule has 0 aliphatic heterocycles. The molecule has 9 heteroatoms. The zero-order valence-electron chi connectivity index (χ0n) is 9.29. The van der Waals surface area contributed by atoms with E-state index < -0.39 is 11.9 Å². The molecule has 94 valence electrons. The topological polar surface area (TPSA) is 122 Å². The number of ether oxygens (including phenoxy) is 1. The fourth-order valence-electron chi connectivity index (χ4n) is 1.33. The second-order valence-corrected chi connectivity index (χ2v) is 3.39. The Morgan fingerprint density at radius 3 is 2.83 bits per heavy atom. The van der Waals surface area contributed by atoms with E-state index in [9.17, 15) is 9.18 Å². The summed E-state index contributed by atoms with van der Waals surface area (Å²) in [5.41, 5.74) is 10.3. The van der Waals surface area contributed by atoms with Gasteiger partial charge in [-0.15, -0.1) is 5.10 Å². The van der Waals surface area contributed by atoms with Crippen molar-refractivity contribution in [1.82, 2.24) is 20.0 Å². The summed E-state index contributed by atoms with van der Waals surface area (Å²) in [5.74, 6) is -0.802. The summed E-state index contributed by atoms with van der Waals surface area (Å²) >= 11 is 0. The predicted molar refractivity (Wildman–Crippen MR) is 58.8 cm³/mol. The van der Waals surface area contributed by atoms with Gasteiger partial charge in [-0.3, -0.25) is 0 Å². The number of halogens is 1. The van der Waals surface area contributed by atoms with Crippen molar-refractivity contribution in [2.45, 2.75) is 0 Å². The highest BCUT2D eigenvalue weighted by Gasteiger charge is 2.20. The molecule has 0 saturated carbocycles. The van der Waals surface area contributed by atoms with Gasteiger partial charge in [-0.05, 0) is 0 Å². The Bertz CT molecular complexity index is 611. The number of amides is 1. The second kappa shape index (κ2) is 4.28. The van der Waals surface area contributed by atoms with E-state index in [2.05, 4.69) is 15.3 Å². The van der Waals surface area contributed by atoms with Crippen molar-refractivity contribution in [1.29, 1.82) is 0 Å². The molecule has 0 fully saturated rings. The molecule has 0 aromatic carbocycles. The van der Waals surface area contributed by atoms with E-state index in [1.807, 2.05) is 0 Å². The van der Waals surface area contributed by atoms with E-state index in [-0.39, 0.29) is 23.0 Å². The second-order valence-electron chi connectivity index (χ2n) is 3.39. The van der Waals surface area contributed by atoms with Crippen LogP contribution in [0, 0.1) is 5.82 Å². The number of nitrogen functional groups attached to an aromatic ring is 1. The quantitative estimate of drug-likeness (QED) is 0.779. The summed E-state index contributed by atoms with van der Waals surface area (Å²) in [5, 5.41) is 7.27. The van der Waals surface area contributed by atoms with Gasteiger partial charge in [0, 0.05) is 13.1 Å². The SMILES string of the molecule is Cn1nnc(-c2ncc(N)cc2F)c1OC(N)=O. The summed E-state index contributed by atoms with van der Waals surface area (Å²) in [6.07, 6.45) is 0.193. The molecule has 8 nitrogen and oxygen atoms in total. The van der Waals surface area contributed by atoms with Crippen LogP contribution in [0.2, 0.25) is 0 Å². The standard InChI is InChI=1S/C9H9FN6O2/c1-16-8(18-9(12)17)7(14-15-16)6-5(10)2-4(11)3-13-6/h2-3H,11H2,1H3,(H2,12,17). The fraction of sp³-hybridized carbons (Fsp3) is 0.111. The van der Waals surface area contributed by atoms with Crippen LogP contribution >= 0.6 is 0 Å². The minimum atomic E-state index is -1.06. The molecular formula is C9H9FN6O2. The Labute approximate surface area is 100 Å². The van der Waals surface area contributed by atoms with Gasteiger partial charge in [0.2, 0.25) is 0 Å². The maximum absolute atomic E-state index is 13.7. The van der Waals surface area contributed by atoms with Gasteiger partial charge in [0.1, 0.15) is 5.69 Å². The van der Waals surface area contributed by atoms with Gasteiger partial charge in [-0.2, -0.15) is 0 Å². The average Bonchev–Trinajstić information content (AvgIpc) is 2.60. The van der Waals surface area contributed by atoms with Gasteiger partial charge in [-0.25, -0.2) is 18.9 Å². The number of aromatic nitrogens is 4. The fourth-order valence-corrected chi connectivity index (χ4v) is 1.33. The molecule has 18 heavy (non-hydrogen) atoms. The van der Waals surface area contributed by atoms with Gasteiger partial charge >= 0.3 is 6.09 Å².